The predicted molar refractivity (Wildman–Crippen MR) is 140 cm³/mol. The molecule has 5 rings (SSSR count). The highest BCUT2D eigenvalue weighted by molar-refractivity contribution is 6.32. The van der Waals surface area contributed by atoms with Gasteiger partial charge in [-0.2, -0.15) is 0 Å². The Balaban J connectivity index is 1.31. The van der Waals surface area contributed by atoms with Crippen molar-refractivity contribution in [3.8, 4) is 0 Å². The number of benzodiazepines with no additional fused rings is 1. The normalized spacial score (nSPS) is 17.7. The zero-order chi connectivity index (χ0) is 25.1. The van der Waals surface area contributed by atoms with E-state index < -0.39 is 11.9 Å². The molecule has 2 aliphatic heterocycles. The van der Waals surface area contributed by atoms with Gasteiger partial charge in [0, 0.05) is 54.4 Å². The van der Waals surface area contributed by atoms with Gasteiger partial charge in [-0.3, -0.25) is 14.6 Å². The number of benzene rings is 3. The van der Waals surface area contributed by atoms with Crippen LogP contribution >= 0.6 is 11.6 Å². The van der Waals surface area contributed by atoms with Gasteiger partial charge in [-0.05, 0) is 48.9 Å². The Labute approximate surface area is 214 Å². The lowest BCUT2D eigenvalue weighted by molar-refractivity contribution is -0.131. The number of piperazine rings is 1. The maximum atomic E-state index is 14.8. The third-order valence-electron chi connectivity index (χ3n) is 6.60. The molecule has 8 heteroatoms. The highest BCUT2D eigenvalue weighted by Crippen LogP contribution is 2.29. The number of para-hydroxylation sites is 1. The largest absolute Gasteiger partial charge is 0.368 e. The van der Waals surface area contributed by atoms with E-state index in [0.29, 0.717) is 35.1 Å². The highest BCUT2D eigenvalue weighted by Gasteiger charge is 2.29. The number of rotatable bonds is 5. The molecule has 0 aromatic heterocycles. The van der Waals surface area contributed by atoms with Crippen LogP contribution in [-0.2, 0) is 9.59 Å². The van der Waals surface area contributed by atoms with Crippen molar-refractivity contribution in [1.29, 1.82) is 0 Å². The molecule has 3 aromatic carbocycles. The van der Waals surface area contributed by atoms with E-state index in [4.69, 9.17) is 11.6 Å². The van der Waals surface area contributed by atoms with Crippen LogP contribution in [0.4, 0.5) is 15.8 Å². The number of nitrogens with zero attached hydrogens (tertiary/aromatic N) is 3. The van der Waals surface area contributed by atoms with Crippen molar-refractivity contribution in [2.45, 2.75) is 18.9 Å². The van der Waals surface area contributed by atoms with Crippen molar-refractivity contribution in [2.75, 3.05) is 36.4 Å². The fraction of sp³-hybridized carbons (Fsp3) is 0.250. The molecule has 2 heterocycles. The Bertz CT molecular complexity index is 1310. The Morgan fingerprint density at radius 2 is 1.69 bits per heavy atom. The standard InChI is InChI=1S/C28H26ClFN4O2/c29-19-10-11-24-22(18-19)27(21-8-4-5-9-23(21)30)31-25(28(36)32-24)12-13-26(35)34-16-14-33(15-17-34)20-6-2-1-3-7-20/h1-11,18,25H,12-17H2,(H,32,36). The van der Waals surface area contributed by atoms with E-state index in [-0.39, 0.29) is 30.2 Å². The summed E-state index contributed by atoms with van der Waals surface area (Å²) in [5.41, 5.74) is 2.84. The molecule has 0 aliphatic carbocycles. The summed E-state index contributed by atoms with van der Waals surface area (Å²) in [6.45, 7) is 2.76. The lowest BCUT2D eigenvalue weighted by atomic mass is 10.00. The van der Waals surface area contributed by atoms with Crippen LogP contribution in [0, 0.1) is 5.82 Å². The van der Waals surface area contributed by atoms with Crippen molar-refractivity contribution in [2.24, 2.45) is 4.99 Å². The second-order valence-electron chi connectivity index (χ2n) is 8.89. The first kappa shape index (κ1) is 24.0. The van der Waals surface area contributed by atoms with Gasteiger partial charge in [-0.1, -0.05) is 41.9 Å². The number of carbonyl (C=O) groups is 2. The van der Waals surface area contributed by atoms with Gasteiger partial charge in [0.2, 0.25) is 11.8 Å². The molecule has 1 N–H and O–H groups in total. The van der Waals surface area contributed by atoms with Gasteiger partial charge in [-0.25, -0.2) is 4.39 Å². The van der Waals surface area contributed by atoms with Gasteiger partial charge in [0.25, 0.3) is 0 Å². The summed E-state index contributed by atoms with van der Waals surface area (Å²) in [6.07, 6.45) is 0.401. The molecule has 0 bridgehead atoms. The quantitative estimate of drug-likeness (QED) is 0.544. The van der Waals surface area contributed by atoms with E-state index in [0.717, 1.165) is 18.8 Å². The number of amides is 2. The first-order valence-electron chi connectivity index (χ1n) is 12.0. The minimum absolute atomic E-state index is 0.0111. The Morgan fingerprint density at radius 1 is 0.972 bits per heavy atom. The molecule has 0 saturated carbocycles. The monoisotopic (exact) mass is 504 g/mol. The number of fused-ring (bicyclic) bond motifs is 1. The van der Waals surface area contributed by atoms with Gasteiger partial charge in [0.1, 0.15) is 11.9 Å². The van der Waals surface area contributed by atoms with Crippen LogP contribution in [0.25, 0.3) is 0 Å². The van der Waals surface area contributed by atoms with E-state index in [1.807, 2.05) is 23.1 Å². The molecule has 1 atom stereocenters. The van der Waals surface area contributed by atoms with Gasteiger partial charge in [0.05, 0.1) is 11.4 Å². The summed E-state index contributed by atoms with van der Waals surface area (Å²) in [6, 6.07) is 20.6. The van der Waals surface area contributed by atoms with Crippen molar-refractivity contribution >= 4 is 40.5 Å². The number of carbonyl (C=O) groups excluding carboxylic acids is 2. The van der Waals surface area contributed by atoms with Crippen LogP contribution in [0.2, 0.25) is 5.02 Å². The van der Waals surface area contributed by atoms with Crippen LogP contribution in [-0.4, -0.2) is 54.6 Å². The summed E-state index contributed by atoms with van der Waals surface area (Å²) < 4.78 is 14.8. The second kappa shape index (κ2) is 10.5. The highest BCUT2D eigenvalue weighted by atomic mass is 35.5. The van der Waals surface area contributed by atoms with E-state index >= 15 is 0 Å². The molecule has 2 aliphatic rings. The third kappa shape index (κ3) is 5.11. The summed E-state index contributed by atoms with van der Waals surface area (Å²) in [4.78, 5) is 34.8. The molecule has 1 saturated heterocycles. The number of aliphatic imine (C=N–C) groups is 1. The Kier molecular flexibility index (Phi) is 7.00. The summed E-state index contributed by atoms with van der Waals surface area (Å²) in [5.74, 6) is -0.780. The molecular weight excluding hydrogens is 479 g/mol. The maximum absolute atomic E-state index is 14.8. The van der Waals surface area contributed by atoms with Crippen molar-refractivity contribution in [3.05, 3.63) is 94.8 Å². The van der Waals surface area contributed by atoms with E-state index in [2.05, 4.69) is 27.3 Å². The lowest BCUT2D eigenvalue weighted by Gasteiger charge is -2.36. The molecule has 1 unspecified atom stereocenters. The number of halogens is 2. The molecule has 0 spiro atoms. The predicted octanol–water partition coefficient (Wildman–Crippen LogP) is 4.77. The summed E-state index contributed by atoms with van der Waals surface area (Å²) >= 11 is 6.22. The number of nitrogens with one attached hydrogen (secondary N) is 1. The summed E-state index contributed by atoms with van der Waals surface area (Å²) in [5, 5.41) is 3.33. The van der Waals surface area contributed by atoms with Crippen LogP contribution in [0.1, 0.15) is 24.0 Å². The Hall–Kier alpha value is -3.71. The minimum atomic E-state index is -0.833. The molecular formula is C28H26ClFN4O2. The third-order valence-corrected chi connectivity index (χ3v) is 6.83. The van der Waals surface area contributed by atoms with Gasteiger partial charge in [0.15, 0.2) is 0 Å². The van der Waals surface area contributed by atoms with E-state index in [9.17, 15) is 14.0 Å². The van der Waals surface area contributed by atoms with Gasteiger partial charge >= 0.3 is 0 Å². The number of hydrogen-bond donors (Lipinski definition) is 1. The molecule has 184 valence electrons. The molecule has 3 aromatic rings. The minimum Gasteiger partial charge on any atom is -0.368 e. The van der Waals surface area contributed by atoms with E-state index in [1.54, 1.807) is 36.4 Å². The smallest absolute Gasteiger partial charge is 0.249 e. The molecule has 36 heavy (non-hydrogen) atoms. The lowest BCUT2D eigenvalue weighted by Crippen LogP contribution is -2.49. The SMILES string of the molecule is O=C1Nc2ccc(Cl)cc2C(c2ccccc2F)=NC1CCC(=O)N1CCN(c2ccccc2)CC1. The fourth-order valence-corrected chi connectivity index (χ4v) is 4.83. The van der Waals surface area contributed by atoms with Gasteiger partial charge in [-0.15, -0.1) is 0 Å². The van der Waals surface area contributed by atoms with Crippen LogP contribution in [0.5, 0.6) is 0 Å². The molecule has 6 nitrogen and oxygen atoms in total. The first-order chi connectivity index (χ1) is 17.5. The van der Waals surface area contributed by atoms with Gasteiger partial charge < -0.3 is 15.1 Å². The van der Waals surface area contributed by atoms with Crippen LogP contribution in [0.3, 0.4) is 0 Å². The van der Waals surface area contributed by atoms with Crippen molar-refractivity contribution in [3.63, 3.8) is 0 Å². The number of anilines is 2. The van der Waals surface area contributed by atoms with Crippen molar-refractivity contribution in [1.82, 2.24) is 4.90 Å². The second-order valence-corrected chi connectivity index (χ2v) is 9.33. The van der Waals surface area contributed by atoms with Crippen LogP contribution in [0.15, 0.2) is 77.8 Å². The first-order valence-corrected chi connectivity index (χ1v) is 12.4. The molecule has 0 radical (unpaired) electrons. The fourth-order valence-electron chi connectivity index (χ4n) is 4.66. The summed E-state index contributed by atoms with van der Waals surface area (Å²) in [7, 11) is 0. The molecule has 2 amide bonds. The Morgan fingerprint density at radius 3 is 2.44 bits per heavy atom. The molecule has 1 fully saturated rings. The topological polar surface area (TPSA) is 65.0 Å². The maximum Gasteiger partial charge on any atom is 0.249 e. The average molecular weight is 505 g/mol. The zero-order valence-corrected chi connectivity index (χ0v) is 20.4. The zero-order valence-electron chi connectivity index (χ0n) is 19.7. The average Bonchev–Trinajstić information content (AvgIpc) is 3.04. The van der Waals surface area contributed by atoms with E-state index in [1.165, 1.54) is 6.07 Å². The number of hydrogen-bond acceptors (Lipinski definition) is 4. The van der Waals surface area contributed by atoms with Crippen LogP contribution < -0.4 is 10.2 Å². The van der Waals surface area contributed by atoms with Crippen molar-refractivity contribution < 1.29 is 14.0 Å².